The number of hydrogen-bond donors (Lipinski definition) is 2. The molecule has 2 N–H and O–H groups in total. The van der Waals surface area contributed by atoms with Gasteiger partial charge in [-0.15, -0.1) is 0 Å². The fourth-order valence-corrected chi connectivity index (χ4v) is 2.05. The Morgan fingerprint density at radius 1 is 1.05 bits per heavy atom. The minimum absolute atomic E-state index is 0.00219. The van der Waals surface area contributed by atoms with Crippen LogP contribution in [-0.4, -0.2) is 17.0 Å². The predicted octanol–water partition coefficient (Wildman–Crippen LogP) is 3.35. The zero-order valence-corrected chi connectivity index (χ0v) is 12.3. The summed E-state index contributed by atoms with van der Waals surface area (Å²) < 4.78 is 0. The average molecular weight is 295 g/mol. The smallest absolute Gasteiger partial charge is 0.336 e. The van der Waals surface area contributed by atoms with Gasteiger partial charge in [-0.25, -0.2) is 4.79 Å². The summed E-state index contributed by atoms with van der Waals surface area (Å²) in [5.41, 5.74) is 3.12. The molecule has 22 heavy (non-hydrogen) atoms. The van der Waals surface area contributed by atoms with E-state index in [0.717, 1.165) is 16.7 Å². The third-order valence-corrected chi connectivity index (χ3v) is 3.30. The Kier molecular flexibility index (Phi) is 4.73. The fraction of sp³-hybridized carbons (Fsp3) is 0.111. The zero-order valence-electron chi connectivity index (χ0n) is 12.3. The molecule has 0 fully saturated rings. The van der Waals surface area contributed by atoms with Crippen molar-refractivity contribution in [2.24, 2.45) is 0 Å². The van der Waals surface area contributed by atoms with Crippen molar-refractivity contribution >= 4 is 17.4 Å². The molecule has 112 valence electrons. The number of rotatable bonds is 5. The molecule has 2 rings (SSSR count). The van der Waals surface area contributed by atoms with Gasteiger partial charge in [0, 0.05) is 6.54 Å². The first-order valence-corrected chi connectivity index (χ1v) is 6.84. The highest BCUT2D eigenvalue weighted by Crippen LogP contribution is 2.13. The Morgan fingerprint density at radius 2 is 1.64 bits per heavy atom. The van der Waals surface area contributed by atoms with Crippen molar-refractivity contribution < 1.29 is 14.7 Å². The van der Waals surface area contributed by atoms with Crippen LogP contribution >= 0.6 is 0 Å². The first-order valence-electron chi connectivity index (χ1n) is 6.84. The second kappa shape index (κ2) is 6.72. The molecule has 0 radical (unpaired) electrons. The van der Waals surface area contributed by atoms with Crippen molar-refractivity contribution in [2.75, 3.05) is 0 Å². The highest BCUT2D eigenvalue weighted by molar-refractivity contribution is 6.04. The largest absolute Gasteiger partial charge is 0.478 e. The number of hydrogen-bond acceptors (Lipinski definition) is 2. The molecule has 2 aromatic carbocycles. The molecule has 0 heterocycles. The monoisotopic (exact) mass is 295 g/mol. The summed E-state index contributed by atoms with van der Waals surface area (Å²) in [6.07, 6.45) is 0. The number of benzene rings is 2. The quantitative estimate of drug-likeness (QED) is 0.889. The maximum Gasteiger partial charge on any atom is 0.336 e. The Balaban J connectivity index is 2.07. The van der Waals surface area contributed by atoms with Crippen molar-refractivity contribution in [3.63, 3.8) is 0 Å². The number of carboxylic acids is 1. The van der Waals surface area contributed by atoms with E-state index in [1.165, 1.54) is 12.1 Å². The van der Waals surface area contributed by atoms with Crippen molar-refractivity contribution in [3.05, 3.63) is 77.4 Å². The van der Waals surface area contributed by atoms with E-state index < -0.39 is 11.9 Å². The zero-order chi connectivity index (χ0) is 16.1. The van der Waals surface area contributed by atoms with Gasteiger partial charge in [-0.1, -0.05) is 48.6 Å². The highest BCUT2D eigenvalue weighted by Gasteiger charge is 2.15. The van der Waals surface area contributed by atoms with Gasteiger partial charge in [0.1, 0.15) is 0 Å². The molecule has 0 saturated carbocycles. The molecule has 0 atom stereocenters. The summed E-state index contributed by atoms with van der Waals surface area (Å²) >= 11 is 0. The van der Waals surface area contributed by atoms with Crippen molar-refractivity contribution in [3.8, 4) is 0 Å². The highest BCUT2D eigenvalue weighted by atomic mass is 16.4. The van der Waals surface area contributed by atoms with Gasteiger partial charge < -0.3 is 10.4 Å². The third-order valence-electron chi connectivity index (χ3n) is 3.30. The van der Waals surface area contributed by atoms with Gasteiger partial charge in [0.05, 0.1) is 11.1 Å². The lowest BCUT2D eigenvalue weighted by Gasteiger charge is -2.08. The lowest BCUT2D eigenvalue weighted by molar-refractivity contribution is 0.0691. The molecule has 2 aromatic rings. The Hall–Kier alpha value is -2.88. The van der Waals surface area contributed by atoms with Crippen LogP contribution in [0.2, 0.25) is 0 Å². The lowest BCUT2D eigenvalue weighted by Crippen LogP contribution is -2.24. The minimum atomic E-state index is -1.11. The molecule has 4 heteroatoms. The van der Waals surface area contributed by atoms with Crippen molar-refractivity contribution in [1.82, 2.24) is 5.32 Å². The third kappa shape index (κ3) is 3.61. The molecule has 4 nitrogen and oxygen atoms in total. The number of carbonyl (C=O) groups excluding carboxylic acids is 1. The Labute approximate surface area is 129 Å². The van der Waals surface area contributed by atoms with Gasteiger partial charge in [0.2, 0.25) is 0 Å². The Bertz CT molecular complexity index is 717. The SMILES string of the molecule is C=C(C)c1ccc(CNC(=O)c2ccccc2C(=O)O)cc1. The van der Waals surface area contributed by atoms with E-state index in [9.17, 15) is 9.59 Å². The molecular formula is C18H17NO3. The number of carbonyl (C=O) groups is 2. The van der Waals surface area contributed by atoms with E-state index in [4.69, 9.17) is 5.11 Å². The number of nitrogens with one attached hydrogen (secondary N) is 1. The first-order chi connectivity index (χ1) is 10.5. The van der Waals surface area contributed by atoms with Crippen LogP contribution in [-0.2, 0) is 6.54 Å². The summed E-state index contributed by atoms with van der Waals surface area (Å²) in [4.78, 5) is 23.2. The molecule has 0 bridgehead atoms. The predicted molar refractivity (Wildman–Crippen MR) is 85.7 cm³/mol. The maximum absolute atomic E-state index is 12.1. The van der Waals surface area contributed by atoms with Gasteiger partial charge in [0.25, 0.3) is 5.91 Å². The van der Waals surface area contributed by atoms with Gasteiger partial charge in [0.15, 0.2) is 0 Å². The molecule has 0 saturated heterocycles. The molecular weight excluding hydrogens is 278 g/mol. The van der Waals surface area contributed by atoms with Crippen LogP contribution in [0.15, 0.2) is 55.1 Å². The van der Waals surface area contributed by atoms with E-state index in [1.54, 1.807) is 12.1 Å². The fourth-order valence-electron chi connectivity index (χ4n) is 2.05. The summed E-state index contributed by atoms with van der Waals surface area (Å²) in [5.74, 6) is -1.52. The van der Waals surface area contributed by atoms with Crippen LogP contribution in [0.3, 0.4) is 0 Å². The van der Waals surface area contributed by atoms with Gasteiger partial charge in [-0.05, 0) is 30.2 Å². The normalized spacial score (nSPS) is 10.0. The summed E-state index contributed by atoms with van der Waals surface area (Å²) in [7, 11) is 0. The van der Waals surface area contributed by atoms with E-state index in [1.807, 2.05) is 31.2 Å². The van der Waals surface area contributed by atoms with Crippen molar-refractivity contribution in [2.45, 2.75) is 13.5 Å². The van der Waals surface area contributed by atoms with Crippen LogP contribution in [0.4, 0.5) is 0 Å². The van der Waals surface area contributed by atoms with Crippen LogP contribution < -0.4 is 5.32 Å². The molecule has 0 aliphatic rings. The minimum Gasteiger partial charge on any atom is -0.478 e. The topological polar surface area (TPSA) is 66.4 Å². The molecule has 0 spiro atoms. The van der Waals surface area contributed by atoms with E-state index >= 15 is 0 Å². The second-order valence-corrected chi connectivity index (χ2v) is 5.01. The first kappa shape index (κ1) is 15.5. The standard InChI is InChI=1S/C18H17NO3/c1-12(2)14-9-7-13(8-10-14)11-19-17(20)15-5-3-4-6-16(15)18(21)22/h3-10H,1,11H2,2H3,(H,19,20)(H,21,22). The van der Waals surface area contributed by atoms with E-state index in [2.05, 4.69) is 11.9 Å². The maximum atomic E-state index is 12.1. The van der Waals surface area contributed by atoms with Crippen LogP contribution in [0.1, 0.15) is 38.8 Å². The number of allylic oxidation sites excluding steroid dienone is 1. The molecule has 0 aliphatic heterocycles. The molecule has 0 aromatic heterocycles. The van der Waals surface area contributed by atoms with Gasteiger partial charge in [-0.2, -0.15) is 0 Å². The number of carboxylic acid groups (broad SMARTS) is 1. The van der Waals surface area contributed by atoms with Gasteiger partial charge >= 0.3 is 5.97 Å². The number of aromatic carboxylic acids is 1. The van der Waals surface area contributed by atoms with Gasteiger partial charge in [-0.3, -0.25) is 4.79 Å². The molecule has 1 amide bonds. The van der Waals surface area contributed by atoms with Crippen LogP contribution in [0, 0.1) is 0 Å². The van der Waals surface area contributed by atoms with Crippen LogP contribution in [0.25, 0.3) is 5.57 Å². The summed E-state index contributed by atoms with van der Waals surface area (Å²) in [6.45, 7) is 6.14. The average Bonchev–Trinajstić information content (AvgIpc) is 2.53. The summed E-state index contributed by atoms with van der Waals surface area (Å²) in [6, 6.07) is 13.9. The Morgan fingerprint density at radius 3 is 2.18 bits per heavy atom. The second-order valence-electron chi connectivity index (χ2n) is 5.01. The lowest BCUT2D eigenvalue weighted by atomic mass is 10.1. The van der Waals surface area contributed by atoms with Crippen molar-refractivity contribution in [1.29, 1.82) is 0 Å². The summed E-state index contributed by atoms with van der Waals surface area (Å²) in [5, 5.41) is 11.8. The number of amides is 1. The van der Waals surface area contributed by atoms with E-state index in [-0.39, 0.29) is 11.1 Å². The molecule has 0 unspecified atom stereocenters. The van der Waals surface area contributed by atoms with E-state index in [0.29, 0.717) is 6.54 Å². The van der Waals surface area contributed by atoms with Crippen LogP contribution in [0.5, 0.6) is 0 Å². The molecule has 0 aliphatic carbocycles.